The van der Waals surface area contributed by atoms with Crippen LogP contribution in [0, 0.1) is 0 Å². The van der Waals surface area contributed by atoms with Crippen LogP contribution in [0.4, 0.5) is 10.8 Å². The summed E-state index contributed by atoms with van der Waals surface area (Å²) >= 11 is 3.98. The molecule has 4 aromatic rings. The number of nitrogens with one attached hydrogen (secondary N) is 3. The molecule has 0 radical (unpaired) electrons. The van der Waals surface area contributed by atoms with E-state index < -0.39 is 17.1 Å². The van der Waals surface area contributed by atoms with Gasteiger partial charge >= 0.3 is 0 Å². The van der Waals surface area contributed by atoms with Crippen molar-refractivity contribution in [2.24, 2.45) is 0 Å². The van der Waals surface area contributed by atoms with Gasteiger partial charge < -0.3 is 20.1 Å². The number of rotatable bonds is 13. The number of benzene rings is 3. The average molecular weight is 650 g/mol. The van der Waals surface area contributed by atoms with Crippen LogP contribution in [0.1, 0.15) is 29.8 Å². The third kappa shape index (κ3) is 8.85. The summed E-state index contributed by atoms with van der Waals surface area (Å²) in [4.78, 5) is 44.5. The number of carbonyl (C=O) groups is 3. The Hall–Kier alpha value is -4.33. The number of anilines is 2. The molecule has 0 bridgehead atoms. The first-order valence-electron chi connectivity index (χ1n) is 13.5. The highest BCUT2D eigenvalue weighted by Gasteiger charge is 2.19. The normalized spacial score (nSPS) is 11.8. The van der Waals surface area contributed by atoms with Crippen molar-refractivity contribution in [3.63, 3.8) is 0 Å². The monoisotopic (exact) mass is 649 g/mol. The molecule has 0 aliphatic rings. The van der Waals surface area contributed by atoms with Crippen LogP contribution in [0.3, 0.4) is 0 Å². The number of hydrogen-bond acceptors (Lipinski definition) is 10. The average Bonchev–Trinajstić information content (AvgIpc) is 3.47. The van der Waals surface area contributed by atoms with Crippen molar-refractivity contribution in [3.05, 3.63) is 89.6 Å². The van der Waals surface area contributed by atoms with E-state index in [1.54, 1.807) is 73.7 Å². The van der Waals surface area contributed by atoms with Crippen molar-refractivity contribution in [2.75, 3.05) is 30.6 Å². The molecular formula is C31H31N5O5S3. The number of aromatic nitrogens is 2. The van der Waals surface area contributed by atoms with Gasteiger partial charge in [0.15, 0.2) is 11.5 Å². The topological polar surface area (TPSA) is 132 Å². The molecule has 3 aromatic carbocycles. The van der Waals surface area contributed by atoms with E-state index in [1.165, 1.54) is 43.8 Å². The summed E-state index contributed by atoms with van der Waals surface area (Å²) in [5, 5.41) is 9.03. The standard InChI is InChI=1S/C31H31N5O5S3/c1-5-42-31-35-30(44-36-31)34-27(37)19(2)43-23-15-10-14-22(18-23)32-29(39)24(33-28(38)20-11-7-6-8-12-20)17-21-13-9-16-25(40-3)26(21)41-4/h6-19H,5H2,1-4H3,(H,32,39)(H,33,38)(H,34,35,36,37)/b24-17+. The number of para-hydroxylation sites is 1. The smallest absolute Gasteiger partial charge is 0.272 e. The fourth-order valence-corrected chi connectivity index (χ4v) is 6.08. The molecule has 228 valence electrons. The molecule has 44 heavy (non-hydrogen) atoms. The predicted molar refractivity (Wildman–Crippen MR) is 177 cm³/mol. The van der Waals surface area contributed by atoms with Crippen molar-refractivity contribution in [1.82, 2.24) is 14.7 Å². The summed E-state index contributed by atoms with van der Waals surface area (Å²) in [6.45, 7) is 3.80. The van der Waals surface area contributed by atoms with E-state index in [0.717, 1.165) is 22.2 Å². The molecule has 0 aliphatic heterocycles. The molecule has 3 N–H and O–H groups in total. The maximum atomic E-state index is 13.6. The number of nitrogens with zero attached hydrogens (tertiary/aromatic N) is 2. The maximum absolute atomic E-state index is 13.6. The molecule has 0 spiro atoms. The van der Waals surface area contributed by atoms with Gasteiger partial charge in [-0.3, -0.25) is 19.7 Å². The molecule has 4 rings (SSSR count). The van der Waals surface area contributed by atoms with Crippen LogP contribution in [-0.4, -0.2) is 52.3 Å². The zero-order valence-electron chi connectivity index (χ0n) is 24.5. The van der Waals surface area contributed by atoms with E-state index in [4.69, 9.17) is 9.47 Å². The number of methoxy groups -OCH3 is 2. The van der Waals surface area contributed by atoms with E-state index in [-0.39, 0.29) is 11.6 Å². The maximum Gasteiger partial charge on any atom is 0.272 e. The zero-order valence-corrected chi connectivity index (χ0v) is 26.9. The minimum atomic E-state index is -0.552. The second kappa shape index (κ2) is 15.9. The number of ether oxygens (including phenoxy) is 2. The largest absolute Gasteiger partial charge is 0.493 e. The van der Waals surface area contributed by atoms with Gasteiger partial charge in [-0.15, -0.1) is 11.8 Å². The van der Waals surface area contributed by atoms with Gasteiger partial charge in [0.05, 0.1) is 19.5 Å². The van der Waals surface area contributed by atoms with Gasteiger partial charge in [0.2, 0.25) is 16.2 Å². The first kappa shape index (κ1) is 32.6. The van der Waals surface area contributed by atoms with Crippen molar-refractivity contribution >= 4 is 69.7 Å². The lowest BCUT2D eigenvalue weighted by Gasteiger charge is -2.15. The summed E-state index contributed by atoms with van der Waals surface area (Å²) in [5.41, 5.74) is 1.40. The third-order valence-electron chi connectivity index (χ3n) is 5.95. The summed E-state index contributed by atoms with van der Waals surface area (Å²) < 4.78 is 15.1. The molecule has 1 aromatic heterocycles. The van der Waals surface area contributed by atoms with Gasteiger partial charge in [0, 0.05) is 33.2 Å². The second-order valence-corrected chi connectivity index (χ2v) is 12.4. The SMILES string of the molecule is CCSc1nsc(NC(=O)C(C)Sc2cccc(NC(=O)/C(=C\c3cccc(OC)c3OC)NC(=O)c3ccccc3)c2)n1. The van der Waals surface area contributed by atoms with Crippen molar-refractivity contribution in [1.29, 1.82) is 0 Å². The Morgan fingerprint density at radius 1 is 0.977 bits per heavy atom. The molecule has 13 heteroatoms. The third-order valence-corrected chi connectivity index (χ3v) is 8.52. The Balaban J connectivity index is 1.52. The number of amides is 3. The molecule has 0 saturated heterocycles. The molecule has 0 saturated carbocycles. The predicted octanol–water partition coefficient (Wildman–Crippen LogP) is 6.20. The van der Waals surface area contributed by atoms with E-state index >= 15 is 0 Å². The first-order chi connectivity index (χ1) is 21.3. The summed E-state index contributed by atoms with van der Waals surface area (Å²) in [7, 11) is 3.02. The highest BCUT2D eigenvalue weighted by molar-refractivity contribution is 8.00. The van der Waals surface area contributed by atoms with Crippen LogP contribution >= 0.6 is 35.1 Å². The highest BCUT2D eigenvalue weighted by atomic mass is 32.2. The van der Waals surface area contributed by atoms with Gasteiger partial charge in [-0.2, -0.15) is 9.36 Å². The molecular weight excluding hydrogens is 619 g/mol. The molecule has 1 unspecified atom stereocenters. The fraction of sp³-hybridized carbons (Fsp3) is 0.194. The quantitative estimate of drug-likeness (QED) is 0.115. The van der Waals surface area contributed by atoms with Crippen LogP contribution < -0.4 is 25.4 Å². The zero-order chi connectivity index (χ0) is 31.5. The fourth-order valence-electron chi connectivity index (χ4n) is 3.88. The van der Waals surface area contributed by atoms with Crippen molar-refractivity contribution < 1.29 is 23.9 Å². The van der Waals surface area contributed by atoms with Crippen LogP contribution in [0.5, 0.6) is 11.5 Å². The van der Waals surface area contributed by atoms with E-state index in [0.29, 0.717) is 38.6 Å². The molecule has 10 nitrogen and oxygen atoms in total. The van der Waals surface area contributed by atoms with E-state index in [2.05, 4.69) is 25.3 Å². The summed E-state index contributed by atoms with van der Waals surface area (Å²) in [5.74, 6) is 0.515. The minimum Gasteiger partial charge on any atom is -0.493 e. The molecule has 0 fully saturated rings. The minimum absolute atomic E-state index is 0.00568. The second-order valence-electron chi connectivity index (χ2n) is 9.01. The lowest BCUT2D eigenvalue weighted by atomic mass is 10.1. The molecule has 3 amide bonds. The summed E-state index contributed by atoms with van der Waals surface area (Å²) in [6, 6.07) is 20.9. The van der Waals surface area contributed by atoms with Crippen LogP contribution in [0.15, 0.2) is 88.5 Å². The Labute approximate surface area is 268 Å². The Bertz CT molecular complexity index is 1640. The molecule has 1 heterocycles. The molecule has 1 atom stereocenters. The van der Waals surface area contributed by atoms with Crippen molar-refractivity contribution in [2.45, 2.75) is 29.1 Å². The first-order valence-corrected chi connectivity index (χ1v) is 16.1. The lowest BCUT2D eigenvalue weighted by Crippen LogP contribution is -2.30. The van der Waals surface area contributed by atoms with Crippen LogP contribution in [-0.2, 0) is 9.59 Å². The van der Waals surface area contributed by atoms with Gasteiger partial charge in [-0.05, 0) is 55.2 Å². The summed E-state index contributed by atoms with van der Waals surface area (Å²) in [6.07, 6.45) is 1.53. The Kier molecular flexibility index (Phi) is 11.8. The van der Waals surface area contributed by atoms with Gasteiger partial charge in [-0.1, -0.05) is 55.1 Å². The highest BCUT2D eigenvalue weighted by Crippen LogP contribution is 2.32. The lowest BCUT2D eigenvalue weighted by molar-refractivity contribution is -0.115. The van der Waals surface area contributed by atoms with Gasteiger partial charge in [0.1, 0.15) is 5.70 Å². The van der Waals surface area contributed by atoms with E-state index in [9.17, 15) is 14.4 Å². The Morgan fingerprint density at radius 2 is 1.75 bits per heavy atom. The number of hydrogen-bond donors (Lipinski definition) is 3. The van der Waals surface area contributed by atoms with Gasteiger partial charge in [-0.25, -0.2) is 0 Å². The number of thioether (sulfide) groups is 2. The van der Waals surface area contributed by atoms with Crippen LogP contribution in [0.2, 0.25) is 0 Å². The number of carbonyl (C=O) groups excluding carboxylic acids is 3. The van der Waals surface area contributed by atoms with Crippen LogP contribution in [0.25, 0.3) is 6.08 Å². The Morgan fingerprint density at radius 3 is 2.48 bits per heavy atom. The van der Waals surface area contributed by atoms with Gasteiger partial charge in [0.25, 0.3) is 11.8 Å². The molecule has 0 aliphatic carbocycles. The van der Waals surface area contributed by atoms with E-state index in [1.807, 2.05) is 13.0 Å². The van der Waals surface area contributed by atoms with Crippen molar-refractivity contribution in [3.8, 4) is 11.5 Å².